The first kappa shape index (κ1) is 19.6. The molecule has 5 nitrogen and oxygen atoms in total. The molecule has 0 spiro atoms. The second kappa shape index (κ2) is 7.86. The smallest absolute Gasteiger partial charge is 0.351 e. The van der Waals surface area contributed by atoms with Gasteiger partial charge in [-0.1, -0.05) is 41.4 Å². The Morgan fingerprint density at radius 1 is 1.15 bits per heavy atom. The van der Waals surface area contributed by atoms with E-state index in [1.807, 2.05) is 24.3 Å². The number of ether oxygens (including phenoxy) is 1. The summed E-state index contributed by atoms with van der Waals surface area (Å²) in [6, 6.07) is 12.8. The highest BCUT2D eigenvalue weighted by molar-refractivity contribution is 9.10. The number of aryl methyl sites for hydroxylation is 1. The zero-order chi connectivity index (χ0) is 19.6. The third kappa shape index (κ3) is 3.80. The van der Waals surface area contributed by atoms with Crippen LogP contribution in [0.2, 0.25) is 0 Å². The lowest BCUT2D eigenvalue weighted by Gasteiger charge is -2.28. The third-order valence-electron chi connectivity index (χ3n) is 4.43. The number of nitrogens with zero attached hydrogens (tertiary/aromatic N) is 1. The summed E-state index contributed by atoms with van der Waals surface area (Å²) in [5.41, 5.74) is 2.47. The Bertz CT molecular complexity index is 997. The van der Waals surface area contributed by atoms with Crippen LogP contribution < -0.4 is 4.90 Å². The molecule has 0 N–H and O–H groups in total. The zero-order valence-electron chi connectivity index (χ0n) is 15.1. The maximum Gasteiger partial charge on any atom is 0.351 e. The molecular formula is C20H20BrNO4S. The molecule has 1 heterocycles. The van der Waals surface area contributed by atoms with Crippen molar-refractivity contribution in [2.75, 3.05) is 12.0 Å². The maximum absolute atomic E-state index is 12.9. The summed E-state index contributed by atoms with van der Waals surface area (Å²) in [6.07, 6.45) is 4.56. The van der Waals surface area contributed by atoms with E-state index in [2.05, 4.69) is 27.6 Å². The number of hydrogen-bond acceptors (Lipinski definition) is 5. The van der Waals surface area contributed by atoms with Gasteiger partial charge in [0.1, 0.15) is 0 Å². The van der Waals surface area contributed by atoms with E-state index in [4.69, 9.17) is 0 Å². The van der Waals surface area contributed by atoms with Crippen molar-refractivity contribution in [3.63, 3.8) is 0 Å². The number of methoxy groups -OCH3 is 1. The fourth-order valence-electron chi connectivity index (χ4n) is 2.96. The molecule has 0 saturated heterocycles. The van der Waals surface area contributed by atoms with Gasteiger partial charge in [0.05, 0.1) is 17.7 Å². The predicted octanol–water partition coefficient (Wildman–Crippen LogP) is 4.73. The molecule has 0 radical (unpaired) electrons. The van der Waals surface area contributed by atoms with Gasteiger partial charge in [-0.2, -0.15) is 0 Å². The zero-order valence-corrected chi connectivity index (χ0v) is 17.5. The minimum absolute atomic E-state index is 0.0728. The average Bonchev–Trinajstić information content (AvgIpc) is 2.66. The van der Waals surface area contributed by atoms with E-state index in [0.717, 1.165) is 29.4 Å². The molecule has 0 unspecified atom stereocenters. The van der Waals surface area contributed by atoms with E-state index in [9.17, 15) is 13.2 Å². The molecule has 3 rings (SSSR count). The van der Waals surface area contributed by atoms with E-state index in [1.165, 1.54) is 24.9 Å². The Hall–Kier alpha value is -2.12. The van der Waals surface area contributed by atoms with Crippen molar-refractivity contribution in [1.82, 2.24) is 0 Å². The quantitative estimate of drug-likeness (QED) is 0.617. The normalized spacial score (nSPS) is 15.1. The van der Waals surface area contributed by atoms with E-state index >= 15 is 0 Å². The van der Waals surface area contributed by atoms with Crippen molar-refractivity contribution in [2.24, 2.45) is 0 Å². The van der Waals surface area contributed by atoms with Crippen LogP contribution in [-0.2, 0) is 25.8 Å². The number of carbonyl (C=O) groups excluding carboxylic acids is 1. The number of sulfone groups is 1. The SMILES string of the molecule is CCCCc1ccc(N2C=C(C(=O)OC)S(=O)(=O)c3ccc(Br)cc32)cc1. The Morgan fingerprint density at radius 2 is 1.85 bits per heavy atom. The van der Waals surface area contributed by atoms with Gasteiger partial charge in [0.25, 0.3) is 0 Å². The van der Waals surface area contributed by atoms with Gasteiger partial charge in [-0.25, -0.2) is 13.2 Å². The highest BCUT2D eigenvalue weighted by Gasteiger charge is 2.36. The van der Waals surface area contributed by atoms with Crippen LogP contribution in [0.1, 0.15) is 25.3 Å². The van der Waals surface area contributed by atoms with Crippen molar-refractivity contribution in [3.8, 4) is 0 Å². The molecular weight excluding hydrogens is 430 g/mol. The Balaban J connectivity index is 2.12. The summed E-state index contributed by atoms with van der Waals surface area (Å²) in [4.78, 5) is 13.5. The summed E-state index contributed by atoms with van der Waals surface area (Å²) in [6.45, 7) is 2.15. The van der Waals surface area contributed by atoms with Crippen LogP contribution in [0, 0.1) is 0 Å². The first-order chi connectivity index (χ1) is 12.9. The summed E-state index contributed by atoms with van der Waals surface area (Å²) >= 11 is 3.39. The van der Waals surface area contributed by atoms with Gasteiger partial charge in [-0.15, -0.1) is 0 Å². The summed E-state index contributed by atoms with van der Waals surface area (Å²) in [5, 5.41) is 0. The first-order valence-corrected chi connectivity index (χ1v) is 10.9. The van der Waals surface area contributed by atoms with Gasteiger partial charge in [-0.3, -0.25) is 0 Å². The number of anilines is 2. The molecule has 0 amide bonds. The van der Waals surface area contributed by atoms with Crippen molar-refractivity contribution in [1.29, 1.82) is 0 Å². The van der Waals surface area contributed by atoms with Crippen LogP contribution >= 0.6 is 15.9 Å². The molecule has 0 saturated carbocycles. The summed E-state index contributed by atoms with van der Waals surface area (Å²) in [7, 11) is -2.78. The van der Waals surface area contributed by atoms with Crippen LogP contribution in [0.15, 0.2) is 62.9 Å². The molecule has 0 fully saturated rings. The van der Waals surface area contributed by atoms with Crippen molar-refractivity contribution in [3.05, 3.63) is 63.6 Å². The second-order valence-corrected chi connectivity index (χ2v) is 9.04. The van der Waals surface area contributed by atoms with Crippen molar-refractivity contribution in [2.45, 2.75) is 31.1 Å². The molecule has 142 valence electrons. The number of fused-ring (bicyclic) bond motifs is 1. The summed E-state index contributed by atoms with van der Waals surface area (Å²) in [5.74, 6) is -0.881. The Kier molecular flexibility index (Phi) is 5.72. The van der Waals surface area contributed by atoms with Gasteiger partial charge in [-0.05, 0) is 48.7 Å². The molecule has 0 aromatic heterocycles. The molecule has 0 atom stereocenters. The number of rotatable bonds is 5. The van der Waals surface area contributed by atoms with Gasteiger partial charge < -0.3 is 9.64 Å². The highest BCUT2D eigenvalue weighted by Crippen LogP contribution is 2.41. The molecule has 1 aliphatic rings. The van der Waals surface area contributed by atoms with Crippen LogP contribution in [0.3, 0.4) is 0 Å². The van der Waals surface area contributed by atoms with Crippen LogP contribution in [0.25, 0.3) is 0 Å². The minimum atomic E-state index is -3.95. The third-order valence-corrected chi connectivity index (χ3v) is 6.69. The fraction of sp³-hybridized carbons (Fsp3) is 0.250. The van der Waals surface area contributed by atoms with E-state index in [-0.39, 0.29) is 9.80 Å². The van der Waals surface area contributed by atoms with Gasteiger partial charge in [0.2, 0.25) is 9.84 Å². The number of unbranched alkanes of at least 4 members (excludes halogenated alkanes) is 1. The lowest BCUT2D eigenvalue weighted by atomic mass is 10.1. The van der Waals surface area contributed by atoms with Crippen molar-refractivity contribution < 1.29 is 17.9 Å². The predicted molar refractivity (Wildman–Crippen MR) is 109 cm³/mol. The van der Waals surface area contributed by atoms with Crippen LogP contribution in [0.4, 0.5) is 11.4 Å². The number of hydrogen-bond donors (Lipinski definition) is 0. The first-order valence-electron chi connectivity index (χ1n) is 8.61. The summed E-state index contributed by atoms with van der Waals surface area (Å²) < 4.78 is 31.1. The Labute approximate surface area is 167 Å². The number of benzene rings is 2. The highest BCUT2D eigenvalue weighted by atomic mass is 79.9. The standard InChI is InChI=1S/C20H20BrNO4S/c1-3-4-5-14-6-9-16(10-7-14)22-13-19(20(23)26-2)27(24,25)18-11-8-15(21)12-17(18)22/h6-13H,3-5H2,1-2H3. The number of halogens is 1. The van der Waals surface area contributed by atoms with Crippen molar-refractivity contribution >= 4 is 43.1 Å². The largest absolute Gasteiger partial charge is 0.465 e. The average molecular weight is 450 g/mol. The second-order valence-electron chi connectivity index (χ2n) is 6.24. The molecule has 2 aromatic rings. The van der Waals surface area contributed by atoms with Gasteiger partial charge in [0, 0.05) is 16.4 Å². The molecule has 0 bridgehead atoms. The van der Waals surface area contributed by atoms with Gasteiger partial charge in [0.15, 0.2) is 4.91 Å². The van der Waals surface area contributed by atoms with E-state index in [0.29, 0.717) is 5.69 Å². The molecule has 7 heteroatoms. The van der Waals surface area contributed by atoms with Crippen LogP contribution in [0.5, 0.6) is 0 Å². The maximum atomic E-state index is 12.9. The molecule has 2 aromatic carbocycles. The lowest BCUT2D eigenvalue weighted by Crippen LogP contribution is -2.26. The fourth-order valence-corrected chi connectivity index (χ4v) is 4.77. The van der Waals surface area contributed by atoms with Gasteiger partial charge >= 0.3 is 5.97 Å². The minimum Gasteiger partial charge on any atom is -0.465 e. The number of carbonyl (C=O) groups is 1. The van der Waals surface area contributed by atoms with E-state index in [1.54, 1.807) is 17.0 Å². The van der Waals surface area contributed by atoms with Crippen LogP contribution in [-0.4, -0.2) is 21.5 Å². The lowest BCUT2D eigenvalue weighted by molar-refractivity contribution is -0.135. The number of esters is 1. The monoisotopic (exact) mass is 449 g/mol. The topological polar surface area (TPSA) is 63.7 Å². The molecule has 0 aliphatic carbocycles. The molecule has 1 aliphatic heterocycles. The van der Waals surface area contributed by atoms with E-state index < -0.39 is 15.8 Å². The Morgan fingerprint density at radius 3 is 2.48 bits per heavy atom. The molecule has 27 heavy (non-hydrogen) atoms.